The van der Waals surface area contributed by atoms with Crippen molar-refractivity contribution in [2.24, 2.45) is 7.05 Å². The molecule has 0 aliphatic heterocycles. The Balaban J connectivity index is 2.30. The molecular formula is C14H17N3S. The number of hydrogen-bond donors (Lipinski definition) is 1. The lowest BCUT2D eigenvalue weighted by atomic mass is 10.1. The van der Waals surface area contributed by atoms with Gasteiger partial charge in [0.25, 0.3) is 0 Å². The minimum atomic E-state index is 0.0611. The van der Waals surface area contributed by atoms with Crippen LogP contribution in [0.25, 0.3) is 0 Å². The van der Waals surface area contributed by atoms with E-state index >= 15 is 0 Å². The van der Waals surface area contributed by atoms with E-state index < -0.39 is 0 Å². The molecule has 2 rings (SSSR count). The number of rotatable bonds is 5. The third kappa shape index (κ3) is 2.63. The summed E-state index contributed by atoms with van der Waals surface area (Å²) in [6.07, 6.45) is 10.2. The summed E-state index contributed by atoms with van der Waals surface area (Å²) >= 11 is 1.72. The Morgan fingerprint density at radius 1 is 1.61 bits per heavy atom. The van der Waals surface area contributed by atoms with E-state index in [1.165, 1.54) is 4.88 Å². The van der Waals surface area contributed by atoms with Gasteiger partial charge in [-0.15, -0.1) is 17.8 Å². The summed E-state index contributed by atoms with van der Waals surface area (Å²) in [6.45, 7) is 2.08. The van der Waals surface area contributed by atoms with E-state index in [0.29, 0.717) is 0 Å². The minimum Gasteiger partial charge on any atom is -0.336 e. The first-order valence-corrected chi connectivity index (χ1v) is 6.87. The van der Waals surface area contributed by atoms with Crippen molar-refractivity contribution in [3.05, 3.63) is 40.6 Å². The first-order valence-electron chi connectivity index (χ1n) is 5.99. The number of nitrogens with zero attached hydrogens (tertiary/aromatic N) is 2. The zero-order valence-electron chi connectivity index (χ0n) is 10.6. The Morgan fingerprint density at radius 2 is 2.44 bits per heavy atom. The lowest BCUT2D eigenvalue weighted by Gasteiger charge is -2.20. The molecule has 0 fully saturated rings. The Bertz CT molecular complexity index is 521. The van der Waals surface area contributed by atoms with Crippen LogP contribution < -0.4 is 5.32 Å². The van der Waals surface area contributed by atoms with Crippen LogP contribution in [0.3, 0.4) is 0 Å². The number of terminal acetylenes is 1. The number of hydrogen-bond acceptors (Lipinski definition) is 3. The normalized spacial score (nSPS) is 14.1. The third-order valence-corrected chi connectivity index (χ3v) is 3.86. The maximum Gasteiger partial charge on any atom is 0.131 e. The van der Waals surface area contributed by atoms with Crippen LogP contribution in [-0.4, -0.2) is 15.6 Å². The molecule has 2 atom stereocenters. The Kier molecular flexibility index (Phi) is 4.19. The summed E-state index contributed by atoms with van der Waals surface area (Å²) in [5, 5.41) is 5.56. The second-order valence-corrected chi connectivity index (χ2v) is 5.12. The van der Waals surface area contributed by atoms with Gasteiger partial charge in [0.15, 0.2) is 0 Å². The zero-order valence-corrected chi connectivity index (χ0v) is 11.4. The van der Waals surface area contributed by atoms with Crippen molar-refractivity contribution in [1.82, 2.24) is 14.9 Å². The van der Waals surface area contributed by atoms with Gasteiger partial charge in [-0.05, 0) is 17.9 Å². The van der Waals surface area contributed by atoms with Crippen molar-refractivity contribution in [2.45, 2.75) is 25.4 Å². The van der Waals surface area contributed by atoms with Gasteiger partial charge < -0.3 is 4.57 Å². The number of nitrogens with one attached hydrogen (secondary N) is 1. The van der Waals surface area contributed by atoms with E-state index in [1.807, 2.05) is 24.0 Å². The van der Waals surface area contributed by atoms with E-state index in [9.17, 15) is 0 Å². The quantitative estimate of drug-likeness (QED) is 0.836. The van der Waals surface area contributed by atoms with Crippen molar-refractivity contribution < 1.29 is 0 Å². The number of thiophene rings is 1. The van der Waals surface area contributed by atoms with Crippen LogP contribution in [-0.2, 0) is 7.05 Å². The first-order chi connectivity index (χ1) is 8.76. The van der Waals surface area contributed by atoms with E-state index in [1.54, 1.807) is 11.3 Å². The monoisotopic (exact) mass is 259 g/mol. The first kappa shape index (κ1) is 12.9. The molecule has 4 heteroatoms. The van der Waals surface area contributed by atoms with Crippen LogP contribution in [0.2, 0.25) is 0 Å². The number of aryl methyl sites for hydroxylation is 1. The van der Waals surface area contributed by atoms with Crippen molar-refractivity contribution in [2.75, 3.05) is 0 Å². The number of aromatic nitrogens is 2. The standard InChI is InChI=1S/C14H17N3S/c1-4-11(5-2)16-13(12-7-6-10-18-12)14-15-8-9-17(14)3/h1,6-11,13,16H,5H2,2-3H3. The molecule has 0 aliphatic rings. The van der Waals surface area contributed by atoms with Crippen molar-refractivity contribution in [3.8, 4) is 12.3 Å². The second-order valence-electron chi connectivity index (χ2n) is 4.14. The molecule has 2 aromatic rings. The highest BCUT2D eigenvalue weighted by atomic mass is 32.1. The largest absolute Gasteiger partial charge is 0.336 e. The Labute approximate surface area is 112 Å². The van der Waals surface area contributed by atoms with E-state index in [0.717, 1.165) is 12.2 Å². The van der Waals surface area contributed by atoms with Gasteiger partial charge in [-0.3, -0.25) is 5.32 Å². The molecule has 0 bridgehead atoms. The maximum atomic E-state index is 5.54. The third-order valence-electron chi connectivity index (χ3n) is 2.92. The van der Waals surface area contributed by atoms with Gasteiger partial charge in [0.05, 0.1) is 6.04 Å². The van der Waals surface area contributed by atoms with Crippen LogP contribution in [0, 0.1) is 12.3 Å². The molecule has 0 saturated heterocycles. The highest BCUT2D eigenvalue weighted by Gasteiger charge is 2.21. The van der Waals surface area contributed by atoms with E-state index in [-0.39, 0.29) is 12.1 Å². The Morgan fingerprint density at radius 3 is 2.94 bits per heavy atom. The molecular weight excluding hydrogens is 242 g/mol. The highest BCUT2D eigenvalue weighted by Crippen LogP contribution is 2.25. The molecule has 3 nitrogen and oxygen atoms in total. The Hall–Kier alpha value is -1.57. The fourth-order valence-corrected chi connectivity index (χ4v) is 2.66. The minimum absolute atomic E-state index is 0.0611. The lowest BCUT2D eigenvalue weighted by Crippen LogP contribution is -2.33. The summed E-state index contributed by atoms with van der Waals surface area (Å²) in [4.78, 5) is 5.67. The van der Waals surface area contributed by atoms with Crippen LogP contribution >= 0.6 is 11.3 Å². The molecule has 0 spiro atoms. The van der Waals surface area contributed by atoms with Crippen LogP contribution in [0.5, 0.6) is 0 Å². The SMILES string of the molecule is C#CC(CC)NC(c1cccs1)c1nccn1C. The van der Waals surface area contributed by atoms with Gasteiger partial charge in [-0.2, -0.15) is 0 Å². The molecule has 0 radical (unpaired) electrons. The van der Waals surface area contributed by atoms with Gasteiger partial charge in [-0.1, -0.05) is 18.9 Å². The molecule has 0 aliphatic carbocycles. The molecule has 1 N–H and O–H groups in total. The lowest BCUT2D eigenvalue weighted by molar-refractivity contribution is 0.510. The topological polar surface area (TPSA) is 29.9 Å². The van der Waals surface area contributed by atoms with Crippen LogP contribution in [0.4, 0.5) is 0 Å². The van der Waals surface area contributed by atoms with Crippen molar-refractivity contribution in [1.29, 1.82) is 0 Å². The van der Waals surface area contributed by atoms with Gasteiger partial charge >= 0.3 is 0 Å². The molecule has 0 amide bonds. The van der Waals surface area contributed by atoms with Gasteiger partial charge in [-0.25, -0.2) is 4.98 Å². The fourth-order valence-electron chi connectivity index (χ4n) is 1.88. The number of imidazole rings is 1. The smallest absolute Gasteiger partial charge is 0.131 e. The molecule has 2 unspecified atom stereocenters. The molecule has 94 valence electrons. The predicted molar refractivity (Wildman–Crippen MR) is 75.4 cm³/mol. The summed E-state index contributed by atoms with van der Waals surface area (Å²) < 4.78 is 2.03. The van der Waals surface area contributed by atoms with Crippen LogP contribution in [0.1, 0.15) is 30.1 Å². The highest BCUT2D eigenvalue weighted by molar-refractivity contribution is 7.10. The van der Waals surface area contributed by atoms with Gasteiger partial charge in [0.1, 0.15) is 11.9 Å². The van der Waals surface area contributed by atoms with E-state index in [2.05, 4.69) is 40.7 Å². The predicted octanol–water partition coefficient (Wildman–Crippen LogP) is 2.57. The van der Waals surface area contributed by atoms with Gasteiger partial charge in [0, 0.05) is 24.3 Å². The van der Waals surface area contributed by atoms with Crippen LogP contribution in [0.15, 0.2) is 29.9 Å². The zero-order chi connectivity index (χ0) is 13.0. The summed E-state index contributed by atoms with van der Waals surface area (Å²) in [7, 11) is 2.00. The molecule has 2 aromatic heterocycles. The molecule has 18 heavy (non-hydrogen) atoms. The summed E-state index contributed by atoms with van der Waals surface area (Å²) in [6, 6.07) is 4.29. The van der Waals surface area contributed by atoms with E-state index in [4.69, 9.17) is 6.42 Å². The van der Waals surface area contributed by atoms with Gasteiger partial charge in [0.2, 0.25) is 0 Å². The van der Waals surface area contributed by atoms with Crippen molar-refractivity contribution >= 4 is 11.3 Å². The fraction of sp³-hybridized carbons (Fsp3) is 0.357. The maximum absolute atomic E-state index is 5.54. The van der Waals surface area contributed by atoms with Crippen molar-refractivity contribution in [3.63, 3.8) is 0 Å². The molecule has 0 aromatic carbocycles. The average Bonchev–Trinajstić information content (AvgIpc) is 3.03. The molecule has 2 heterocycles. The average molecular weight is 259 g/mol. The second kappa shape index (κ2) is 5.85. The summed E-state index contributed by atoms with van der Waals surface area (Å²) in [5.74, 6) is 3.77. The summed E-state index contributed by atoms with van der Waals surface area (Å²) in [5.41, 5.74) is 0. The molecule has 0 saturated carbocycles.